The molecule has 0 spiro atoms. The Morgan fingerprint density at radius 1 is 0.439 bits per heavy atom. The number of aromatic nitrogens is 1. The molecule has 0 amide bonds. The Labute approximate surface area is 237 Å². The quantitative estimate of drug-likeness (QED) is 0.201. The molecule has 7 aromatic carbocycles. The molecule has 0 fully saturated rings. The molecule has 41 heavy (non-hydrogen) atoms. The standard InChI is InChI=1S/C39H26FN/c1-25-18-19-27(24-35(25)40)39-33-14-4-2-12-31(33)38(32-13-3-5-15-34(32)39)26-20-22-28(23-21-26)41-36-16-8-6-10-29(36)30-11-7-9-17-37(30)41/h2-24H,1H3. The molecule has 0 aliphatic carbocycles. The third-order valence-corrected chi connectivity index (χ3v) is 8.39. The maximum absolute atomic E-state index is 14.8. The van der Waals surface area contributed by atoms with E-state index < -0.39 is 0 Å². The van der Waals surface area contributed by atoms with Crippen LogP contribution in [0.5, 0.6) is 0 Å². The van der Waals surface area contributed by atoms with E-state index in [2.05, 4.69) is 126 Å². The van der Waals surface area contributed by atoms with Crippen LogP contribution in [0.15, 0.2) is 140 Å². The first kappa shape index (κ1) is 23.7. The van der Waals surface area contributed by atoms with E-state index in [0.29, 0.717) is 5.56 Å². The van der Waals surface area contributed by atoms with Crippen LogP contribution in [0.2, 0.25) is 0 Å². The van der Waals surface area contributed by atoms with Gasteiger partial charge in [-0.1, -0.05) is 109 Å². The lowest BCUT2D eigenvalue weighted by molar-refractivity contribution is 0.619. The molecule has 1 aromatic heterocycles. The van der Waals surface area contributed by atoms with Crippen molar-refractivity contribution in [1.82, 2.24) is 4.57 Å². The van der Waals surface area contributed by atoms with Crippen molar-refractivity contribution >= 4 is 43.4 Å². The molecule has 0 atom stereocenters. The Morgan fingerprint density at radius 2 is 0.854 bits per heavy atom. The van der Waals surface area contributed by atoms with Crippen molar-refractivity contribution in [2.75, 3.05) is 0 Å². The van der Waals surface area contributed by atoms with Crippen LogP contribution in [0.4, 0.5) is 4.39 Å². The van der Waals surface area contributed by atoms with Crippen LogP contribution in [-0.2, 0) is 0 Å². The summed E-state index contributed by atoms with van der Waals surface area (Å²) >= 11 is 0. The zero-order chi connectivity index (χ0) is 27.5. The molecular weight excluding hydrogens is 501 g/mol. The average Bonchev–Trinajstić information content (AvgIpc) is 3.36. The van der Waals surface area contributed by atoms with Crippen LogP contribution in [0.1, 0.15) is 5.56 Å². The summed E-state index contributed by atoms with van der Waals surface area (Å²) in [6, 6.07) is 48.7. The van der Waals surface area contributed by atoms with Gasteiger partial charge in [-0.05, 0) is 86.6 Å². The molecule has 194 valence electrons. The second kappa shape index (κ2) is 9.18. The number of rotatable bonds is 3. The fourth-order valence-electron chi connectivity index (χ4n) is 6.48. The second-order valence-corrected chi connectivity index (χ2v) is 10.7. The van der Waals surface area contributed by atoms with E-state index in [-0.39, 0.29) is 5.82 Å². The molecule has 0 saturated carbocycles. The van der Waals surface area contributed by atoms with E-state index in [1.54, 1.807) is 13.0 Å². The van der Waals surface area contributed by atoms with Crippen LogP contribution in [0.25, 0.3) is 71.3 Å². The lowest BCUT2D eigenvalue weighted by atomic mass is 9.86. The smallest absolute Gasteiger partial charge is 0.126 e. The summed E-state index contributed by atoms with van der Waals surface area (Å²) in [5, 5.41) is 7.07. The van der Waals surface area contributed by atoms with E-state index in [1.807, 2.05) is 12.1 Å². The lowest BCUT2D eigenvalue weighted by Crippen LogP contribution is -1.94. The molecule has 0 aliphatic heterocycles. The van der Waals surface area contributed by atoms with Crippen LogP contribution >= 0.6 is 0 Å². The summed E-state index contributed by atoms with van der Waals surface area (Å²) in [5.74, 6) is -0.180. The second-order valence-electron chi connectivity index (χ2n) is 10.7. The van der Waals surface area contributed by atoms with Gasteiger partial charge in [0.15, 0.2) is 0 Å². The highest BCUT2D eigenvalue weighted by Crippen LogP contribution is 2.44. The third-order valence-electron chi connectivity index (χ3n) is 8.39. The van der Waals surface area contributed by atoms with Crippen LogP contribution < -0.4 is 0 Å². The highest BCUT2D eigenvalue weighted by atomic mass is 19.1. The summed E-state index contributed by atoms with van der Waals surface area (Å²) in [5.41, 5.74) is 8.51. The number of para-hydroxylation sites is 2. The summed E-state index contributed by atoms with van der Waals surface area (Å²) < 4.78 is 17.1. The van der Waals surface area contributed by atoms with Crippen molar-refractivity contribution in [1.29, 1.82) is 0 Å². The topological polar surface area (TPSA) is 4.93 Å². The van der Waals surface area contributed by atoms with Crippen molar-refractivity contribution in [3.63, 3.8) is 0 Å². The van der Waals surface area contributed by atoms with Crippen molar-refractivity contribution in [2.45, 2.75) is 6.92 Å². The van der Waals surface area contributed by atoms with Crippen LogP contribution in [-0.4, -0.2) is 4.57 Å². The Hall–Kier alpha value is -5.21. The number of nitrogens with zero attached hydrogens (tertiary/aromatic N) is 1. The predicted molar refractivity (Wildman–Crippen MR) is 171 cm³/mol. The number of hydrogen-bond donors (Lipinski definition) is 0. The molecule has 1 nitrogen and oxygen atoms in total. The van der Waals surface area contributed by atoms with Crippen molar-refractivity contribution in [3.8, 4) is 27.9 Å². The monoisotopic (exact) mass is 527 g/mol. The van der Waals surface area contributed by atoms with Gasteiger partial charge in [-0.15, -0.1) is 0 Å². The minimum absolute atomic E-state index is 0.180. The predicted octanol–water partition coefficient (Wildman–Crippen LogP) is 10.9. The fourth-order valence-corrected chi connectivity index (χ4v) is 6.48. The van der Waals surface area contributed by atoms with E-state index in [1.165, 1.54) is 27.4 Å². The van der Waals surface area contributed by atoms with Crippen LogP contribution in [0.3, 0.4) is 0 Å². The number of benzene rings is 7. The zero-order valence-electron chi connectivity index (χ0n) is 22.6. The van der Waals surface area contributed by atoms with E-state index in [9.17, 15) is 4.39 Å². The highest BCUT2D eigenvalue weighted by molar-refractivity contribution is 6.21. The number of hydrogen-bond acceptors (Lipinski definition) is 0. The van der Waals surface area contributed by atoms with Gasteiger partial charge >= 0.3 is 0 Å². The normalized spacial score (nSPS) is 11.7. The number of halogens is 1. The van der Waals surface area contributed by atoms with Crippen LogP contribution in [0, 0.1) is 12.7 Å². The van der Waals surface area contributed by atoms with Gasteiger partial charge in [-0.2, -0.15) is 0 Å². The third kappa shape index (κ3) is 3.61. The van der Waals surface area contributed by atoms with Gasteiger partial charge < -0.3 is 4.57 Å². The number of fused-ring (bicyclic) bond motifs is 5. The maximum atomic E-state index is 14.8. The van der Waals surface area contributed by atoms with E-state index in [4.69, 9.17) is 0 Å². The minimum Gasteiger partial charge on any atom is -0.309 e. The molecule has 1 heterocycles. The first-order chi connectivity index (χ1) is 20.2. The summed E-state index contributed by atoms with van der Waals surface area (Å²) in [7, 11) is 0. The Balaban J connectivity index is 1.37. The molecule has 0 bridgehead atoms. The highest BCUT2D eigenvalue weighted by Gasteiger charge is 2.18. The van der Waals surface area contributed by atoms with Gasteiger partial charge in [0.2, 0.25) is 0 Å². The summed E-state index contributed by atoms with van der Waals surface area (Å²) in [6.45, 7) is 1.81. The van der Waals surface area contributed by atoms with Gasteiger partial charge in [0.05, 0.1) is 11.0 Å². The molecule has 0 radical (unpaired) electrons. The molecule has 0 N–H and O–H groups in total. The zero-order valence-corrected chi connectivity index (χ0v) is 22.6. The molecule has 0 saturated heterocycles. The summed E-state index contributed by atoms with van der Waals surface area (Å²) in [4.78, 5) is 0. The Morgan fingerprint density at radius 3 is 1.34 bits per heavy atom. The average molecular weight is 528 g/mol. The van der Waals surface area contributed by atoms with Crippen molar-refractivity contribution in [2.24, 2.45) is 0 Å². The molecule has 0 aliphatic rings. The van der Waals surface area contributed by atoms with Gasteiger partial charge in [0.1, 0.15) is 5.82 Å². The van der Waals surface area contributed by atoms with Gasteiger partial charge in [-0.3, -0.25) is 0 Å². The molecule has 8 aromatic rings. The molecule has 0 unspecified atom stereocenters. The summed E-state index contributed by atoms with van der Waals surface area (Å²) in [6.07, 6.45) is 0. The largest absolute Gasteiger partial charge is 0.309 e. The van der Waals surface area contributed by atoms with E-state index in [0.717, 1.165) is 43.9 Å². The first-order valence-electron chi connectivity index (χ1n) is 14.0. The Kier molecular flexibility index (Phi) is 5.30. The molecule has 8 rings (SSSR count). The minimum atomic E-state index is -0.180. The molecule has 2 heteroatoms. The SMILES string of the molecule is Cc1ccc(-c2c3ccccc3c(-c3ccc(-n4c5ccccc5c5ccccc54)cc3)c3ccccc23)cc1F. The van der Waals surface area contributed by atoms with Gasteiger partial charge in [0.25, 0.3) is 0 Å². The van der Waals surface area contributed by atoms with Crippen molar-refractivity contribution < 1.29 is 4.39 Å². The molecular formula is C39H26FN. The Bertz CT molecular complexity index is 2160. The fraction of sp³-hybridized carbons (Fsp3) is 0.0256. The van der Waals surface area contributed by atoms with Crippen molar-refractivity contribution in [3.05, 3.63) is 151 Å². The first-order valence-corrected chi connectivity index (χ1v) is 14.0. The van der Waals surface area contributed by atoms with Gasteiger partial charge in [0, 0.05) is 16.5 Å². The van der Waals surface area contributed by atoms with E-state index >= 15 is 0 Å². The lowest BCUT2D eigenvalue weighted by Gasteiger charge is -2.18. The maximum Gasteiger partial charge on any atom is 0.126 e. The van der Waals surface area contributed by atoms with Gasteiger partial charge in [-0.25, -0.2) is 4.39 Å². The number of aryl methyl sites for hydroxylation is 1.